The van der Waals surface area contributed by atoms with Crippen LogP contribution in [-0.2, 0) is 26.2 Å². The molecule has 1 fully saturated rings. The molecule has 0 heterocycles. The summed E-state index contributed by atoms with van der Waals surface area (Å²) in [6.07, 6.45) is 5.20. The molecule has 186 valence electrons. The van der Waals surface area contributed by atoms with Crippen molar-refractivity contribution in [2.45, 2.75) is 98.3 Å². The number of carbonyl (C=O) groups is 2. The van der Waals surface area contributed by atoms with E-state index < -0.39 is 5.41 Å². The summed E-state index contributed by atoms with van der Waals surface area (Å²) in [5.74, 6) is -0.160. The lowest BCUT2D eigenvalue weighted by Gasteiger charge is -2.40. The lowest BCUT2D eigenvalue weighted by atomic mass is 9.64. The van der Waals surface area contributed by atoms with Gasteiger partial charge in [0.25, 0.3) is 0 Å². The van der Waals surface area contributed by atoms with Gasteiger partial charge in [-0.25, -0.2) is 0 Å². The maximum absolute atomic E-state index is 13.1. The van der Waals surface area contributed by atoms with Gasteiger partial charge in [-0.2, -0.15) is 0 Å². The first kappa shape index (κ1) is 27.9. The molecule has 1 N–H and O–H groups in total. The summed E-state index contributed by atoms with van der Waals surface area (Å²) in [7, 11) is 0. The number of rotatable bonds is 11. The number of Topliss-reactive ketones (excluding diaryl/α,β-unsaturated/α-hetero) is 1. The van der Waals surface area contributed by atoms with E-state index in [-0.39, 0.29) is 41.5 Å². The van der Waals surface area contributed by atoms with Crippen LogP contribution in [0, 0.1) is 16.7 Å². The Morgan fingerprint density at radius 3 is 2.45 bits per heavy atom. The highest BCUT2D eigenvalue weighted by molar-refractivity contribution is 6.31. The largest absolute Gasteiger partial charge is 0.466 e. The molecule has 1 saturated carbocycles. The highest BCUT2D eigenvalue weighted by Gasteiger charge is 2.53. The third-order valence-electron chi connectivity index (χ3n) is 7.44. The molecule has 0 bridgehead atoms. The zero-order chi connectivity index (χ0) is 24.9. The summed E-state index contributed by atoms with van der Waals surface area (Å²) >= 11 is 6.75. The first-order valence-corrected chi connectivity index (χ1v) is 12.8. The number of aliphatic hydroxyl groups is 1. The summed E-state index contributed by atoms with van der Waals surface area (Å²) in [5, 5.41) is 11.2. The Hall–Kier alpha value is -1.39. The van der Waals surface area contributed by atoms with Crippen LogP contribution in [0.2, 0.25) is 5.02 Å². The molecule has 2 unspecified atom stereocenters. The molecule has 2 rings (SSSR count). The molecule has 0 saturated heterocycles. The van der Waals surface area contributed by atoms with Gasteiger partial charge in [0.2, 0.25) is 0 Å². The molecule has 0 radical (unpaired) electrons. The van der Waals surface area contributed by atoms with Crippen LogP contribution in [0.25, 0.3) is 0 Å². The van der Waals surface area contributed by atoms with Crippen LogP contribution in [-0.4, -0.2) is 30.1 Å². The first-order chi connectivity index (χ1) is 15.3. The second-order valence-electron chi connectivity index (χ2n) is 11.6. The van der Waals surface area contributed by atoms with Crippen molar-refractivity contribution < 1.29 is 19.4 Å². The Balaban J connectivity index is 2.27. The predicted octanol–water partition coefficient (Wildman–Crippen LogP) is 6.68. The molecule has 33 heavy (non-hydrogen) atoms. The van der Waals surface area contributed by atoms with Gasteiger partial charge in [0.05, 0.1) is 6.61 Å². The zero-order valence-electron chi connectivity index (χ0n) is 21.4. The number of ether oxygens (including phenoxy) is 1. The van der Waals surface area contributed by atoms with E-state index in [4.69, 9.17) is 16.3 Å². The van der Waals surface area contributed by atoms with Crippen LogP contribution in [0.5, 0.6) is 0 Å². The van der Waals surface area contributed by atoms with E-state index in [1.807, 2.05) is 6.07 Å². The number of benzene rings is 1. The highest BCUT2D eigenvalue weighted by atomic mass is 35.5. The topological polar surface area (TPSA) is 63.6 Å². The van der Waals surface area contributed by atoms with Gasteiger partial charge in [-0.05, 0) is 73.0 Å². The lowest BCUT2D eigenvalue weighted by molar-refractivity contribution is -0.143. The molecule has 1 aliphatic rings. The number of carbonyl (C=O) groups excluding carboxylic acids is 2. The molecule has 4 nitrogen and oxygen atoms in total. The molecule has 0 aliphatic heterocycles. The quantitative estimate of drug-likeness (QED) is 0.360. The van der Waals surface area contributed by atoms with E-state index in [0.29, 0.717) is 25.9 Å². The van der Waals surface area contributed by atoms with Crippen LogP contribution in [0.3, 0.4) is 0 Å². The van der Waals surface area contributed by atoms with E-state index in [1.165, 1.54) is 0 Å². The molecule has 1 aromatic rings. The second kappa shape index (κ2) is 11.4. The normalized spacial score (nSPS) is 22.4. The molecule has 0 amide bonds. The number of hydrogen-bond acceptors (Lipinski definition) is 4. The van der Waals surface area contributed by atoms with Gasteiger partial charge in [-0.1, -0.05) is 58.4 Å². The fourth-order valence-electron chi connectivity index (χ4n) is 5.40. The van der Waals surface area contributed by atoms with Crippen molar-refractivity contribution in [1.29, 1.82) is 0 Å². The fraction of sp³-hybridized carbons (Fsp3) is 0.714. The van der Waals surface area contributed by atoms with Crippen molar-refractivity contribution in [1.82, 2.24) is 0 Å². The molecule has 1 aliphatic carbocycles. The second-order valence-corrected chi connectivity index (χ2v) is 12.0. The van der Waals surface area contributed by atoms with Crippen LogP contribution >= 0.6 is 11.6 Å². The van der Waals surface area contributed by atoms with Gasteiger partial charge in [-0.3, -0.25) is 9.59 Å². The van der Waals surface area contributed by atoms with Crippen molar-refractivity contribution in [2.24, 2.45) is 16.7 Å². The van der Waals surface area contributed by atoms with E-state index in [2.05, 4.69) is 46.8 Å². The zero-order valence-corrected chi connectivity index (χ0v) is 22.2. The minimum absolute atomic E-state index is 0.0319. The maximum Gasteiger partial charge on any atom is 0.305 e. The Morgan fingerprint density at radius 2 is 1.88 bits per heavy atom. The lowest BCUT2D eigenvalue weighted by Crippen LogP contribution is -2.40. The third-order valence-corrected chi connectivity index (χ3v) is 7.79. The van der Waals surface area contributed by atoms with Gasteiger partial charge in [-0.15, -0.1) is 0 Å². The van der Waals surface area contributed by atoms with E-state index in [9.17, 15) is 14.7 Å². The minimum atomic E-state index is -0.439. The number of halogens is 1. The van der Waals surface area contributed by atoms with Crippen LogP contribution in [0.4, 0.5) is 0 Å². The molecule has 5 heteroatoms. The summed E-state index contributed by atoms with van der Waals surface area (Å²) in [5.41, 5.74) is 1.90. The predicted molar refractivity (Wildman–Crippen MR) is 135 cm³/mol. The van der Waals surface area contributed by atoms with Crippen LogP contribution < -0.4 is 0 Å². The van der Waals surface area contributed by atoms with Crippen LogP contribution in [0.15, 0.2) is 18.2 Å². The third kappa shape index (κ3) is 7.29. The monoisotopic (exact) mass is 478 g/mol. The fourth-order valence-corrected chi connectivity index (χ4v) is 5.67. The SMILES string of the molecule is CCOC(=O)CCCC(=O)CC1(c2ccc(CCC(C)(C)C)c(Cl)c2)CCC(C)(C)C1CO. The molecule has 2 atom stereocenters. The van der Waals surface area contributed by atoms with Gasteiger partial charge < -0.3 is 9.84 Å². The molecular weight excluding hydrogens is 436 g/mol. The first-order valence-electron chi connectivity index (χ1n) is 12.4. The van der Waals surface area contributed by atoms with Crippen LogP contribution in [0.1, 0.15) is 97.6 Å². The van der Waals surface area contributed by atoms with Crippen molar-refractivity contribution in [2.75, 3.05) is 13.2 Å². The van der Waals surface area contributed by atoms with Crippen molar-refractivity contribution in [3.8, 4) is 0 Å². The summed E-state index contributed by atoms with van der Waals surface area (Å²) in [6.45, 7) is 13.2. The summed E-state index contributed by atoms with van der Waals surface area (Å²) in [4.78, 5) is 24.7. The number of esters is 1. The van der Waals surface area contributed by atoms with Crippen molar-refractivity contribution >= 4 is 23.4 Å². The standard InChI is InChI=1S/C28H43ClO4/c1-7-33-25(32)10-8-9-22(31)18-28(16-15-27(5,6)24(28)19-30)21-12-11-20(23(29)17-21)13-14-26(2,3)4/h11-12,17,24,30H,7-10,13-16,18-19H2,1-6H3. The maximum atomic E-state index is 13.1. The highest BCUT2D eigenvalue weighted by Crippen LogP contribution is 2.57. The Morgan fingerprint density at radius 1 is 1.18 bits per heavy atom. The Bertz CT molecular complexity index is 824. The van der Waals surface area contributed by atoms with E-state index in [1.54, 1.807) is 6.92 Å². The minimum Gasteiger partial charge on any atom is -0.466 e. The molecule has 1 aromatic carbocycles. The number of ketones is 1. The average Bonchev–Trinajstić information content (AvgIpc) is 2.96. The van der Waals surface area contributed by atoms with Gasteiger partial charge in [0.15, 0.2) is 0 Å². The van der Waals surface area contributed by atoms with Gasteiger partial charge in [0.1, 0.15) is 5.78 Å². The Labute approximate surface area is 205 Å². The van der Waals surface area contributed by atoms with Crippen molar-refractivity contribution in [3.63, 3.8) is 0 Å². The number of aryl methyl sites for hydroxylation is 1. The van der Waals surface area contributed by atoms with Gasteiger partial charge >= 0.3 is 5.97 Å². The Kier molecular flexibility index (Phi) is 9.59. The molecule has 0 spiro atoms. The summed E-state index contributed by atoms with van der Waals surface area (Å²) in [6, 6.07) is 6.27. The molecular formula is C28H43ClO4. The van der Waals surface area contributed by atoms with Crippen molar-refractivity contribution in [3.05, 3.63) is 34.3 Å². The van der Waals surface area contributed by atoms with Gasteiger partial charge in [0, 0.05) is 36.3 Å². The average molecular weight is 479 g/mol. The summed E-state index contributed by atoms with van der Waals surface area (Å²) < 4.78 is 4.98. The van der Waals surface area contributed by atoms with E-state index >= 15 is 0 Å². The number of hydrogen-bond donors (Lipinski definition) is 1. The van der Waals surface area contributed by atoms with E-state index in [0.717, 1.165) is 41.8 Å². The number of aliphatic hydroxyl groups excluding tert-OH is 1. The molecule has 0 aromatic heterocycles. The smallest absolute Gasteiger partial charge is 0.305 e.